The molecule has 162 valence electrons. The quantitative estimate of drug-likeness (QED) is 0.513. The molecule has 3 aromatic rings. The Balaban J connectivity index is 1.82. The summed E-state index contributed by atoms with van der Waals surface area (Å²) in [5.74, 6) is -0.927. The molecule has 0 spiro atoms. The summed E-state index contributed by atoms with van der Waals surface area (Å²) in [7, 11) is -3.76. The predicted molar refractivity (Wildman–Crippen MR) is 121 cm³/mol. The van der Waals surface area contributed by atoms with E-state index in [1.54, 1.807) is 12.1 Å². The van der Waals surface area contributed by atoms with Crippen LogP contribution in [0.1, 0.15) is 15.9 Å². The Kier molecular flexibility index (Phi) is 7.33. The Morgan fingerprint density at radius 1 is 1.00 bits per heavy atom. The van der Waals surface area contributed by atoms with Gasteiger partial charge in [0.1, 0.15) is 5.82 Å². The lowest BCUT2D eigenvalue weighted by atomic mass is 10.1. The van der Waals surface area contributed by atoms with Gasteiger partial charge < -0.3 is 4.90 Å². The fourth-order valence-corrected chi connectivity index (χ4v) is 4.38. The molecule has 1 amide bonds. The highest BCUT2D eigenvalue weighted by molar-refractivity contribution is 7.89. The largest absolute Gasteiger partial charge is 0.307 e. The maximum Gasteiger partial charge on any atom is 0.259 e. The van der Waals surface area contributed by atoms with Crippen molar-refractivity contribution in [1.82, 2.24) is 4.72 Å². The van der Waals surface area contributed by atoms with Crippen LogP contribution in [0.15, 0.2) is 71.6 Å². The SMILES string of the molecule is Cc1ccc(S(=O)(=O)NCCN(C(=O)c2ccc(Cl)cc2Cl)c2ccc(F)cc2)cc1. The van der Waals surface area contributed by atoms with Crippen molar-refractivity contribution in [1.29, 1.82) is 0 Å². The van der Waals surface area contributed by atoms with Gasteiger partial charge in [0.2, 0.25) is 10.0 Å². The summed E-state index contributed by atoms with van der Waals surface area (Å²) < 4.78 is 40.9. The number of anilines is 1. The summed E-state index contributed by atoms with van der Waals surface area (Å²) in [6.45, 7) is 1.79. The molecule has 5 nitrogen and oxygen atoms in total. The van der Waals surface area contributed by atoms with E-state index in [2.05, 4.69) is 4.72 Å². The smallest absolute Gasteiger partial charge is 0.259 e. The number of benzene rings is 3. The Bertz CT molecular complexity index is 1180. The molecule has 0 heterocycles. The Morgan fingerprint density at radius 3 is 2.26 bits per heavy atom. The monoisotopic (exact) mass is 480 g/mol. The van der Waals surface area contributed by atoms with Crippen molar-refractivity contribution >= 4 is 44.8 Å². The zero-order valence-electron chi connectivity index (χ0n) is 16.5. The number of hydrogen-bond donors (Lipinski definition) is 1. The van der Waals surface area contributed by atoms with E-state index in [1.165, 1.54) is 59.5 Å². The highest BCUT2D eigenvalue weighted by atomic mass is 35.5. The van der Waals surface area contributed by atoms with Crippen LogP contribution in [0.5, 0.6) is 0 Å². The molecule has 0 aliphatic carbocycles. The molecular formula is C22H19Cl2FN2O3S. The number of carbonyl (C=O) groups excluding carboxylic acids is 1. The second kappa shape index (κ2) is 9.78. The minimum Gasteiger partial charge on any atom is -0.307 e. The molecule has 3 rings (SSSR count). The Morgan fingerprint density at radius 2 is 1.65 bits per heavy atom. The second-order valence-corrected chi connectivity index (χ2v) is 9.38. The Hall–Kier alpha value is -2.45. The summed E-state index contributed by atoms with van der Waals surface area (Å²) in [6.07, 6.45) is 0. The first-order valence-corrected chi connectivity index (χ1v) is 11.5. The van der Waals surface area contributed by atoms with Gasteiger partial charge in [-0.15, -0.1) is 0 Å². The van der Waals surface area contributed by atoms with E-state index in [9.17, 15) is 17.6 Å². The minimum absolute atomic E-state index is 0.00544. The number of aryl methyl sites for hydroxylation is 1. The van der Waals surface area contributed by atoms with Crippen molar-refractivity contribution in [2.24, 2.45) is 0 Å². The second-order valence-electron chi connectivity index (χ2n) is 6.77. The first kappa shape index (κ1) is 23.2. The molecule has 0 aliphatic heterocycles. The summed E-state index contributed by atoms with van der Waals surface area (Å²) in [6, 6.07) is 16.2. The number of nitrogens with one attached hydrogen (secondary N) is 1. The molecule has 31 heavy (non-hydrogen) atoms. The van der Waals surface area contributed by atoms with Gasteiger partial charge in [0.25, 0.3) is 5.91 Å². The molecule has 1 N–H and O–H groups in total. The van der Waals surface area contributed by atoms with E-state index < -0.39 is 21.7 Å². The van der Waals surface area contributed by atoms with Crippen molar-refractivity contribution in [2.75, 3.05) is 18.0 Å². The number of halogens is 3. The number of amides is 1. The normalized spacial score (nSPS) is 11.4. The van der Waals surface area contributed by atoms with Gasteiger partial charge in [-0.2, -0.15) is 0 Å². The van der Waals surface area contributed by atoms with Crippen molar-refractivity contribution < 1.29 is 17.6 Å². The molecule has 0 saturated carbocycles. The van der Waals surface area contributed by atoms with Crippen LogP contribution in [0.25, 0.3) is 0 Å². The summed E-state index contributed by atoms with van der Waals surface area (Å²) in [4.78, 5) is 14.6. The maximum absolute atomic E-state index is 13.4. The Labute approximate surface area is 190 Å². The van der Waals surface area contributed by atoms with Gasteiger partial charge >= 0.3 is 0 Å². The number of sulfonamides is 1. The molecule has 0 bridgehead atoms. The topological polar surface area (TPSA) is 66.5 Å². The van der Waals surface area contributed by atoms with E-state index in [4.69, 9.17) is 23.2 Å². The van der Waals surface area contributed by atoms with Crippen molar-refractivity contribution in [3.05, 3.63) is 93.7 Å². The molecule has 0 fully saturated rings. The van der Waals surface area contributed by atoms with E-state index in [0.717, 1.165) is 5.56 Å². The standard InChI is InChI=1S/C22H19Cl2FN2O3S/c1-15-2-9-19(10-3-15)31(29,30)26-12-13-27(18-7-5-17(25)6-8-18)22(28)20-11-4-16(23)14-21(20)24/h2-11,14,26H,12-13H2,1H3. The molecule has 0 unspecified atom stereocenters. The summed E-state index contributed by atoms with van der Waals surface area (Å²) in [5, 5.41) is 0.533. The lowest BCUT2D eigenvalue weighted by Crippen LogP contribution is -2.38. The molecule has 9 heteroatoms. The van der Waals surface area contributed by atoms with E-state index in [-0.39, 0.29) is 28.6 Å². The molecule has 0 aliphatic rings. The lowest BCUT2D eigenvalue weighted by Gasteiger charge is -2.24. The average molecular weight is 481 g/mol. The fraction of sp³-hybridized carbons (Fsp3) is 0.136. The first-order valence-electron chi connectivity index (χ1n) is 9.26. The molecule has 3 aromatic carbocycles. The summed E-state index contributed by atoms with van der Waals surface area (Å²) >= 11 is 12.1. The van der Waals surface area contributed by atoms with Crippen LogP contribution >= 0.6 is 23.2 Å². The van der Waals surface area contributed by atoms with Crippen LogP contribution in [-0.4, -0.2) is 27.4 Å². The third kappa shape index (κ3) is 5.83. The number of nitrogens with zero attached hydrogens (tertiary/aromatic N) is 1. The molecule has 0 atom stereocenters. The van der Waals surface area contributed by atoms with Gasteiger partial charge in [0, 0.05) is 23.8 Å². The zero-order valence-corrected chi connectivity index (χ0v) is 18.8. The van der Waals surface area contributed by atoms with Gasteiger partial charge in [-0.05, 0) is 61.5 Å². The van der Waals surface area contributed by atoms with Crippen LogP contribution in [0.2, 0.25) is 10.0 Å². The highest BCUT2D eigenvalue weighted by Gasteiger charge is 2.22. The van der Waals surface area contributed by atoms with Crippen molar-refractivity contribution in [3.63, 3.8) is 0 Å². The molecule has 0 saturated heterocycles. The van der Waals surface area contributed by atoms with E-state index >= 15 is 0 Å². The van der Waals surface area contributed by atoms with E-state index in [0.29, 0.717) is 10.7 Å². The minimum atomic E-state index is -3.76. The predicted octanol–water partition coefficient (Wildman–Crippen LogP) is 5.07. The van der Waals surface area contributed by atoms with Gasteiger partial charge in [0.05, 0.1) is 15.5 Å². The average Bonchev–Trinajstić information content (AvgIpc) is 2.72. The highest BCUT2D eigenvalue weighted by Crippen LogP contribution is 2.25. The van der Waals surface area contributed by atoms with Crippen molar-refractivity contribution in [3.8, 4) is 0 Å². The molecule has 0 radical (unpaired) electrons. The van der Waals surface area contributed by atoms with Gasteiger partial charge in [-0.25, -0.2) is 17.5 Å². The lowest BCUT2D eigenvalue weighted by molar-refractivity contribution is 0.0987. The van der Waals surface area contributed by atoms with Crippen molar-refractivity contribution in [2.45, 2.75) is 11.8 Å². The number of hydrogen-bond acceptors (Lipinski definition) is 3. The summed E-state index contributed by atoms with van der Waals surface area (Å²) in [5.41, 5.74) is 1.52. The molecule has 0 aromatic heterocycles. The third-order valence-electron chi connectivity index (χ3n) is 4.50. The first-order chi connectivity index (χ1) is 14.7. The van der Waals surface area contributed by atoms with Crippen LogP contribution in [0.3, 0.4) is 0 Å². The van der Waals surface area contributed by atoms with Crippen LogP contribution in [-0.2, 0) is 10.0 Å². The van der Waals surface area contributed by atoms with Gasteiger partial charge in [-0.1, -0.05) is 40.9 Å². The fourth-order valence-electron chi connectivity index (χ4n) is 2.87. The molecular weight excluding hydrogens is 462 g/mol. The maximum atomic E-state index is 13.4. The zero-order chi connectivity index (χ0) is 22.6. The number of carbonyl (C=O) groups is 1. The van der Waals surface area contributed by atoms with Crippen LogP contribution in [0.4, 0.5) is 10.1 Å². The third-order valence-corrected chi connectivity index (χ3v) is 6.53. The van der Waals surface area contributed by atoms with E-state index in [1.807, 2.05) is 6.92 Å². The van der Waals surface area contributed by atoms with Crippen LogP contribution in [0, 0.1) is 12.7 Å². The van der Waals surface area contributed by atoms with Crippen LogP contribution < -0.4 is 9.62 Å². The van der Waals surface area contributed by atoms with Gasteiger partial charge in [-0.3, -0.25) is 4.79 Å². The number of rotatable bonds is 7. The van der Waals surface area contributed by atoms with Gasteiger partial charge in [0.15, 0.2) is 0 Å².